The number of aromatic nitrogens is 1. The van der Waals surface area contributed by atoms with E-state index in [2.05, 4.69) is 50.1 Å². The molecule has 0 saturated heterocycles. The molecule has 1 aromatic carbocycles. The van der Waals surface area contributed by atoms with E-state index in [4.69, 9.17) is 4.74 Å². The molecule has 1 N–H and O–H groups in total. The van der Waals surface area contributed by atoms with Crippen molar-refractivity contribution in [2.75, 3.05) is 6.54 Å². The summed E-state index contributed by atoms with van der Waals surface area (Å²) in [6, 6.07) is 4.41. The fraction of sp³-hybridized carbons (Fsp3) is 0.471. The van der Waals surface area contributed by atoms with Gasteiger partial charge in [0.25, 0.3) is 0 Å². The quantitative estimate of drug-likeness (QED) is 0.837. The van der Waals surface area contributed by atoms with E-state index in [1.54, 1.807) is 11.3 Å². The molecule has 0 atom stereocenters. The second kappa shape index (κ2) is 7.57. The van der Waals surface area contributed by atoms with E-state index in [1.807, 2.05) is 11.6 Å². The number of benzene rings is 1. The van der Waals surface area contributed by atoms with Crippen molar-refractivity contribution in [3.05, 3.63) is 45.4 Å². The lowest BCUT2D eigenvalue weighted by molar-refractivity contribution is 0.301. The number of ether oxygens (including phenoxy) is 1. The summed E-state index contributed by atoms with van der Waals surface area (Å²) in [7, 11) is 0. The summed E-state index contributed by atoms with van der Waals surface area (Å²) in [4.78, 5) is 4.25. The normalized spacial score (nSPS) is 11.1. The van der Waals surface area contributed by atoms with Crippen LogP contribution in [-0.4, -0.2) is 11.5 Å². The van der Waals surface area contributed by atoms with Gasteiger partial charge in [-0.05, 0) is 43.0 Å². The smallest absolute Gasteiger partial charge is 0.140 e. The lowest BCUT2D eigenvalue weighted by Gasteiger charge is -2.14. The molecule has 0 bridgehead atoms. The highest BCUT2D eigenvalue weighted by Gasteiger charge is 2.08. The van der Waals surface area contributed by atoms with Crippen LogP contribution in [0.15, 0.2) is 23.7 Å². The van der Waals surface area contributed by atoms with Gasteiger partial charge in [-0.3, -0.25) is 0 Å². The maximum absolute atomic E-state index is 5.94. The molecule has 0 radical (unpaired) electrons. The molecule has 0 amide bonds. The Balaban J connectivity index is 1.99. The van der Waals surface area contributed by atoms with Crippen molar-refractivity contribution in [2.45, 2.75) is 40.8 Å². The molecule has 1 heterocycles. The zero-order valence-corrected chi connectivity index (χ0v) is 14.1. The van der Waals surface area contributed by atoms with Crippen molar-refractivity contribution in [1.82, 2.24) is 10.3 Å². The minimum atomic E-state index is 0.546. The number of rotatable bonds is 7. The van der Waals surface area contributed by atoms with Gasteiger partial charge in [-0.25, -0.2) is 4.98 Å². The van der Waals surface area contributed by atoms with E-state index in [-0.39, 0.29) is 0 Å². The van der Waals surface area contributed by atoms with Gasteiger partial charge in [-0.15, -0.1) is 11.3 Å². The number of aryl methyl sites for hydroxylation is 2. The summed E-state index contributed by atoms with van der Waals surface area (Å²) in [6.07, 6.45) is 1.81. The fourth-order valence-corrected chi connectivity index (χ4v) is 2.86. The highest BCUT2D eigenvalue weighted by Crippen LogP contribution is 2.26. The standard InChI is InChI=1S/C17H24N2OS/c1-12(2)9-18-10-15-7-13(3)17(14(4)8-15)20-11-16-19-5-6-21-16/h5-8,12,18H,9-11H2,1-4H3. The maximum atomic E-state index is 5.94. The van der Waals surface area contributed by atoms with Crippen LogP contribution in [0.4, 0.5) is 0 Å². The summed E-state index contributed by atoms with van der Waals surface area (Å²) < 4.78 is 5.94. The molecule has 0 aliphatic carbocycles. The summed E-state index contributed by atoms with van der Waals surface area (Å²) >= 11 is 1.62. The third kappa shape index (κ3) is 4.83. The molecule has 0 spiro atoms. The van der Waals surface area contributed by atoms with E-state index in [0.717, 1.165) is 23.8 Å². The summed E-state index contributed by atoms with van der Waals surface area (Å²) in [5.41, 5.74) is 3.69. The largest absolute Gasteiger partial charge is 0.486 e. The van der Waals surface area contributed by atoms with Gasteiger partial charge < -0.3 is 10.1 Å². The first kappa shape index (κ1) is 16.0. The zero-order valence-electron chi connectivity index (χ0n) is 13.3. The molecule has 0 aliphatic heterocycles. The average Bonchev–Trinajstić information content (AvgIpc) is 2.90. The van der Waals surface area contributed by atoms with Gasteiger partial charge in [0.15, 0.2) is 0 Å². The zero-order chi connectivity index (χ0) is 15.2. The van der Waals surface area contributed by atoms with E-state index in [9.17, 15) is 0 Å². The van der Waals surface area contributed by atoms with Crippen molar-refractivity contribution in [3.8, 4) is 5.75 Å². The van der Waals surface area contributed by atoms with Crippen LogP contribution in [0, 0.1) is 19.8 Å². The minimum absolute atomic E-state index is 0.546. The molecule has 3 nitrogen and oxygen atoms in total. The van der Waals surface area contributed by atoms with Crippen LogP contribution < -0.4 is 10.1 Å². The molecule has 1 aromatic heterocycles. The SMILES string of the molecule is Cc1cc(CNCC(C)C)cc(C)c1OCc1nccs1. The number of hydrogen-bond acceptors (Lipinski definition) is 4. The molecule has 2 aromatic rings. The molecule has 114 valence electrons. The number of hydrogen-bond donors (Lipinski definition) is 1. The van der Waals surface area contributed by atoms with Gasteiger partial charge in [0, 0.05) is 18.1 Å². The Bertz CT molecular complexity index is 541. The van der Waals surface area contributed by atoms with Crippen molar-refractivity contribution in [2.24, 2.45) is 5.92 Å². The average molecular weight is 304 g/mol. The number of nitrogens with one attached hydrogen (secondary N) is 1. The van der Waals surface area contributed by atoms with Crippen molar-refractivity contribution in [3.63, 3.8) is 0 Å². The topological polar surface area (TPSA) is 34.1 Å². The van der Waals surface area contributed by atoms with E-state index in [1.165, 1.54) is 16.7 Å². The first-order chi connectivity index (χ1) is 10.1. The molecule has 0 saturated carbocycles. The molecule has 0 fully saturated rings. The van der Waals surface area contributed by atoms with Gasteiger partial charge in [0.2, 0.25) is 0 Å². The highest BCUT2D eigenvalue weighted by atomic mass is 32.1. The third-order valence-corrected chi connectivity index (χ3v) is 3.98. The van der Waals surface area contributed by atoms with Crippen LogP contribution in [-0.2, 0) is 13.2 Å². The van der Waals surface area contributed by atoms with Gasteiger partial charge in [-0.1, -0.05) is 26.0 Å². The fourth-order valence-electron chi connectivity index (χ4n) is 2.33. The van der Waals surface area contributed by atoms with E-state index < -0.39 is 0 Å². The summed E-state index contributed by atoms with van der Waals surface area (Å²) in [5, 5.41) is 6.46. The molecule has 0 unspecified atom stereocenters. The Morgan fingerprint density at radius 2 is 1.95 bits per heavy atom. The van der Waals surface area contributed by atoms with Gasteiger partial charge in [0.05, 0.1) is 0 Å². The van der Waals surface area contributed by atoms with E-state index in [0.29, 0.717) is 12.5 Å². The van der Waals surface area contributed by atoms with Crippen LogP contribution >= 0.6 is 11.3 Å². The van der Waals surface area contributed by atoms with Crippen molar-refractivity contribution < 1.29 is 4.74 Å². The van der Waals surface area contributed by atoms with Gasteiger partial charge in [0.1, 0.15) is 17.4 Å². The second-order valence-corrected chi connectivity index (χ2v) is 6.78. The monoisotopic (exact) mass is 304 g/mol. The molecule has 21 heavy (non-hydrogen) atoms. The molecule has 2 rings (SSSR count). The second-order valence-electron chi connectivity index (χ2n) is 5.80. The highest BCUT2D eigenvalue weighted by molar-refractivity contribution is 7.09. The Morgan fingerprint density at radius 3 is 2.52 bits per heavy atom. The lowest BCUT2D eigenvalue weighted by Crippen LogP contribution is -2.19. The van der Waals surface area contributed by atoms with E-state index >= 15 is 0 Å². The van der Waals surface area contributed by atoms with Crippen LogP contribution in [0.5, 0.6) is 5.75 Å². The third-order valence-electron chi connectivity index (χ3n) is 3.23. The van der Waals surface area contributed by atoms with Gasteiger partial charge >= 0.3 is 0 Å². The Morgan fingerprint density at radius 1 is 1.24 bits per heavy atom. The molecular weight excluding hydrogens is 280 g/mol. The Kier molecular flexibility index (Phi) is 5.76. The lowest BCUT2D eigenvalue weighted by atomic mass is 10.1. The summed E-state index contributed by atoms with van der Waals surface area (Å²) in [6.45, 7) is 11.2. The van der Waals surface area contributed by atoms with Crippen molar-refractivity contribution >= 4 is 11.3 Å². The number of nitrogens with zero attached hydrogens (tertiary/aromatic N) is 1. The Labute approximate surface area is 131 Å². The van der Waals surface area contributed by atoms with Crippen molar-refractivity contribution in [1.29, 1.82) is 0 Å². The number of thiazole rings is 1. The molecule has 0 aliphatic rings. The summed E-state index contributed by atoms with van der Waals surface area (Å²) in [5.74, 6) is 1.66. The first-order valence-electron chi connectivity index (χ1n) is 7.38. The van der Waals surface area contributed by atoms with Crippen LogP contribution in [0.3, 0.4) is 0 Å². The molecular formula is C17H24N2OS. The predicted octanol–water partition coefficient (Wildman–Crippen LogP) is 4.08. The first-order valence-corrected chi connectivity index (χ1v) is 8.26. The van der Waals surface area contributed by atoms with Crippen LogP contribution in [0.25, 0.3) is 0 Å². The minimum Gasteiger partial charge on any atom is -0.486 e. The van der Waals surface area contributed by atoms with Gasteiger partial charge in [-0.2, -0.15) is 0 Å². The Hall–Kier alpha value is -1.39. The van der Waals surface area contributed by atoms with Crippen LogP contribution in [0.1, 0.15) is 35.5 Å². The maximum Gasteiger partial charge on any atom is 0.140 e. The predicted molar refractivity (Wildman–Crippen MR) is 88.9 cm³/mol. The molecule has 4 heteroatoms. The van der Waals surface area contributed by atoms with Crippen LogP contribution in [0.2, 0.25) is 0 Å².